The lowest BCUT2D eigenvalue weighted by Crippen LogP contribution is -2.01. The van der Waals surface area contributed by atoms with E-state index in [2.05, 4.69) is 231 Å². The highest BCUT2D eigenvalue weighted by molar-refractivity contribution is 6.18. The van der Waals surface area contributed by atoms with Gasteiger partial charge in [-0.05, 0) is 83.5 Å². The van der Waals surface area contributed by atoms with Gasteiger partial charge in [-0.3, -0.25) is 0 Å². The molecule has 0 unspecified atom stereocenters. The quantitative estimate of drug-likeness (QED) is 0.157. The molecule has 4 heteroatoms. The van der Waals surface area contributed by atoms with Crippen molar-refractivity contribution >= 4 is 64.8 Å². The zero-order valence-electron chi connectivity index (χ0n) is 35.7. The predicted octanol–water partition coefficient (Wildman–Crippen LogP) is 16.2. The lowest BCUT2D eigenvalue weighted by molar-refractivity contribution is 1.08. The Bertz CT molecular complexity index is 3890. The van der Waals surface area contributed by atoms with Crippen molar-refractivity contribution in [1.82, 2.24) is 19.9 Å². The summed E-state index contributed by atoms with van der Waals surface area (Å²) in [7, 11) is 0. The first kappa shape index (κ1) is 37.7. The van der Waals surface area contributed by atoms with Crippen molar-refractivity contribution in [2.24, 2.45) is 0 Å². The van der Waals surface area contributed by atoms with Crippen LogP contribution < -0.4 is 0 Å². The van der Waals surface area contributed by atoms with Crippen molar-refractivity contribution in [2.75, 3.05) is 0 Å². The largest absolute Gasteiger partial charge is 0.247 e. The van der Waals surface area contributed by atoms with Gasteiger partial charge in [0, 0.05) is 38.4 Å². The maximum absolute atomic E-state index is 5.34. The van der Waals surface area contributed by atoms with E-state index in [0.29, 0.717) is 17.5 Å². The summed E-state index contributed by atoms with van der Waals surface area (Å²) >= 11 is 0. The third-order valence-corrected chi connectivity index (χ3v) is 13.1. The molecule has 66 heavy (non-hydrogen) atoms. The Hall–Kier alpha value is -8.86. The highest BCUT2D eigenvalue weighted by atomic mass is 15.0. The van der Waals surface area contributed by atoms with E-state index in [0.717, 1.165) is 82.5 Å². The Labute approximate surface area is 381 Å². The molecular weight excluding hydrogens is 801 g/mol. The van der Waals surface area contributed by atoms with Crippen LogP contribution in [-0.4, -0.2) is 19.9 Å². The molecule has 13 aromatic rings. The van der Waals surface area contributed by atoms with E-state index >= 15 is 0 Å². The van der Waals surface area contributed by atoms with Crippen LogP contribution in [0.15, 0.2) is 231 Å². The van der Waals surface area contributed by atoms with Crippen LogP contribution in [0.4, 0.5) is 0 Å². The van der Waals surface area contributed by atoms with Crippen molar-refractivity contribution in [2.45, 2.75) is 0 Å². The van der Waals surface area contributed by atoms with Crippen LogP contribution in [0.1, 0.15) is 0 Å². The van der Waals surface area contributed by atoms with E-state index < -0.39 is 0 Å². The summed E-state index contributed by atoms with van der Waals surface area (Å²) in [5.74, 6) is 1.91. The van der Waals surface area contributed by atoms with E-state index in [-0.39, 0.29) is 0 Å². The second kappa shape index (κ2) is 15.4. The van der Waals surface area contributed by atoms with Gasteiger partial charge in [0.1, 0.15) is 0 Å². The SMILES string of the molecule is c1ccc(-c2nc3ccccc3c3c(-c4ccc(-c5ccc(-c6nc(-c7cc8ccccc8c8ccccc78)nc(-c7cc8ccccc8c8ccccc78)n6)cc5)cc4)cccc23)cc1. The molecule has 13 rings (SSSR count). The molecular formula is C62H38N4. The average Bonchev–Trinajstić information content (AvgIpc) is 3.40. The molecule has 0 atom stereocenters. The van der Waals surface area contributed by atoms with Gasteiger partial charge in [0.25, 0.3) is 0 Å². The molecule has 0 aliphatic heterocycles. The number of hydrogen-bond donors (Lipinski definition) is 0. The number of pyridine rings is 1. The second-order valence-corrected chi connectivity index (χ2v) is 16.9. The molecule has 0 N–H and O–H groups in total. The topological polar surface area (TPSA) is 51.6 Å². The van der Waals surface area contributed by atoms with Crippen LogP contribution in [0.5, 0.6) is 0 Å². The van der Waals surface area contributed by atoms with Crippen molar-refractivity contribution in [3.8, 4) is 67.7 Å². The van der Waals surface area contributed by atoms with Gasteiger partial charge in [-0.1, -0.05) is 212 Å². The van der Waals surface area contributed by atoms with Crippen LogP contribution in [0.2, 0.25) is 0 Å². The van der Waals surface area contributed by atoms with Gasteiger partial charge < -0.3 is 0 Å². The number of fused-ring (bicyclic) bond motifs is 9. The van der Waals surface area contributed by atoms with Crippen molar-refractivity contribution < 1.29 is 0 Å². The fraction of sp³-hybridized carbons (Fsp3) is 0. The Kier molecular flexibility index (Phi) is 8.81. The van der Waals surface area contributed by atoms with E-state index in [9.17, 15) is 0 Å². The summed E-state index contributed by atoms with van der Waals surface area (Å²) in [4.78, 5) is 21.1. The monoisotopic (exact) mass is 838 g/mol. The number of hydrogen-bond acceptors (Lipinski definition) is 4. The zero-order chi connectivity index (χ0) is 43.6. The van der Waals surface area contributed by atoms with Gasteiger partial charge in [-0.25, -0.2) is 19.9 Å². The predicted molar refractivity (Wildman–Crippen MR) is 275 cm³/mol. The van der Waals surface area contributed by atoms with Crippen LogP contribution in [-0.2, 0) is 0 Å². The maximum atomic E-state index is 5.34. The van der Waals surface area contributed by atoms with Crippen LogP contribution >= 0.6 is 0 Å². The maximum Gasteiger partial charge on any atom is 0.164 e. The Balaban J connectivity index is 0.927. The first-order valence-corrected chi connectivity index (χ1v) is 22.4. The van der Waals surface area contributed by atoms with Crippen molar-refractivity contribution in [3.05, 3.63) is 231 Å². The minimum Gasteiger partial charge on any atom is -0.247 e. The number of benzene rings is 11. The number of para-hydroxylation sites is 1. The molecule has 0 aliphatic rings. The first-order valence-electron chi connectivity index (χ1n) is 22.4. The molecule has 0 radical (unpaired) electrons. The van der Waals surface area contributed by atoms with Gasteiger partial charge in [-0.15, -0.1) is 0 Å². The molecule has 2 heterocycles. The fourth-order valence-electron chi connectivity index (χ4n) is 9.94. The molecule has 11 aromatic carbocycles. The standard InChI is InChI=1S/C62H38N4/c1-2-15-42(16-3-1)59-54-27-14-26-48(58(54)53-25-12-13-28-57(53)63-59)41-33-29-39(30-34-41)40-31-35-43(36-32-40)60-64-61(55-37-44-17-4-6-19-46(44)49-21-8-10-23-51(49)55)66-62(65-60)56-38-45-18-5-7-20-47(45)50-22-9-11-24-52(50)56/h1-38H. The lowest BCUT2D eigenvalue weighted by atomic mass is 9.92. The summed E-state index contributed by atoms with van der Waals surface area (Å²) in [5.41, 5.74) is 10.5. The minimum atomic E-state index is 0.624. The summed E-state index contributed by atoms with van der Waals surface area (Å²) < 4.78 is 0. The van der Waals surface area contributed by atoms with E-state index in [1.165, 1.54) is 32.5 Å². The summed E-state index contributed by atoms with van der Waals surface area (Å²) in [6, 6.07) is 81.7. The van der Waals surface area contributed by atoms with E-state index in [1.807, 2.05) is 0 Å². The van der Waals surface area contributed by atoms with Gasteiger partial charge >= 0.3 is 0 Å². The Morgan fingerprint density at radius 2 is 0.667 bits per heavy atom. The number of aromatic nitrogens is 4. The molecule has 0 bridgehead atoms. The highest BCUT2D eigenvalue weighted by Gasteiger charge is 2.19. The lowest BCUT2D eigenvalue weighted by Gasteiger charge is -2.15. The van der Waals surface area contributed by atoms with Gasteiger partial charge in [0.05, 0.1) is 11.2 Å². The van der Waals surface area contributed by atoms with Crippen molar-refractivity contribution in [1.29, 1.82) is 0 Å². The smallest absolute Gasteiger partial charge is 0.164 e. The third kappa shape index (κ3) is 6.30. The molecule has 4 nitrogen and oxygen atoms in total. The van der Waals surface area contributed by atoms with Gasteiger partial charge in [0.2, 0.25) is 0 Å². The van der Waals surface area contributed by atoms with Crippen LogP contribution in [0, 0.1) is 0 Å². The molecule has 0 spiro atoms. The third-order valence-electron chi connectivity index (χ3n) is 13.1. The molecule has 2 aromatic heterocycles. The Morgan fingerprint density at radius 1 is 0.227 bits per heavy atom. The van der Waals surface area contributed by atoms with Crippen molar-refractivity contribution in [3.63, 3.8) is 0 Å². The Morgan fingerprint density at radius 3 is 1.26 bits per heavy atom. The van der Waals surface area contributed by atoms with Crippen LogP contribution in [0.25, 0.3) is 132 Å². The summed E-state index contributed by atoms with van der Waals surface area (Å²) in [6.45, 7) is 0. The average molecular weight is 839 g/mol. The first-order chi connectivity index (χ1) is 32.7. The van der Waals surface area contributed by atoms with E-state index in [1.54, 1.807) is 0 Å². The minimum absolute atomic E-state index is 0.624. The number of rotatable bonds is 6. The fourth-order valence-corrected chi connectivity index (χ4v) is 9.94. The normalized spacial score (nSPS) is 11.6. The van der Waals surface area contributed by atoms with Crippen LogP contribution in [0.3, 0.4) is 0 Å². The second-order valence-electron chi connectivity index (χ2n) is 16.9. The molecule has 0 amide bonds. The molecule has 0 saturated carbocycles. The zero-order valence-corrected chi connectivity index (χ0v) is 35.7. The van der Waals surface area contributed by atoms with Gasteiger partial charge in [0.15, 0.2) is 17.5 Å². The summed E-state index contributed by atoms with van der Waals surface area (Å²) in [6.07, 6.45) is 0. The molecule has 306 valence electrons. The number of nitrogens with zero attached hydrogens (tertiary/aromatic N) is 4. The molecule has 0 aliphatic carbocycles. The summed E-state index contributed by atoms with van der Waals surface area (Å²) in [5, 5.41) is 12.7. The van der Waals surface area contributed by atoms with Gasteiger partial charge in [-0.2, -0.15) is 0 Å². The van der Waals surface area contributed by atoms with E-state index in [4.69, 9.17) is 19.9 Å². The molecule has 0 fully saturated rings. The highest BCUT2D eigenvalue weighted by Crippen LogP contribution is 2.41. The molecule has 0 saturated heterocycles.